The molecule has 4 nitrogen and oxygen atoms in total. The topological polar surface area (TPSA) is 68.0 Å². The van der Waals surface area contributed by atoms with E-state index in [1.165, 1.54) is 18.3 Å². The highest BCUT2D eigenvalue weighted by atomic mass is 35.5. The first kappa shape index (κ1) is 13.2. The highest BCUT2D eigenvalue weighted by molar-refractivity contribution is 6.30. The molecule has 3 N–H and O–H groups in total. The molecule has 19 heavy (non-hydrogen) atoms. The van der Waals surface area contributed by atoms with E-state index in [9.17, 15) is 13.6 Å². The van der Waals surface area contributed by atoms with Gasteiger partial charge in [-0.1, -0.05) is 11.6 Å². The number of carbonyl (C=O) groups excluding carboxylic acids is 1. The van der Waals surface area contributed by atoms with Crippen molar-refractivity contribution >= 4 is 28.9 Å². The van der Waals surface area contributed by atoms with Crippen LogP contribution in [-0.2, 0) is 0 Å². The molecule has 0 saturated carbocycles. The molecule has 0 radical (unpaired) electrons. The van der Waals surface area contributed by atoms with E-state index in [0.717, 1.165) is 12.1 Å². The summed E-state index contributed by atoms with van der Waals surface area (Å²) in [6, 6.07) is 4.29. The molecule has 98 valence electrons. The number of amides is 1. The van der Waals surface area contributed by atoms with E-state index >= 15 is 0 Å². The highest BCUT2D eigenvalue weighted by Crippen LogP contribution is 2.18. The monoisotopic (exact) mass is 283 g/mol. The van der Waals surface area contributed by atoms with Crippen molar-refractivity contribution < 1.29 is 13.6 Å². The maximum absolute atomic E-state index is 13.0. The van der Waals surface area contributed by atoms with Gasteiger partial charge in [0.2, 0.25) is 0 Å². The quantitative estimate of drug-likeness (QED) is 0.833. The zero-order valence-corrected chi connectivity index (χ0v) is 10.2. The van der Waals surface area contributed by atoms with Crippen molar-refractivity contribution in [3.05, 3.63) is 52.8 Å². The number of halogens is 3. The fourth-order valence-electron chi connectivity index (χ4n) is 1.41. The van der Waals surface area contributed by atoms with Crippen LogP contribution in [0.5, 0.6) is 0 Å². The predicted octanol–water partition coefficient (Wildman–Crippen LogP) is 2.85. The number of hydrogen-bond donors (Lipinski definition) is 2. The minimum absolute atomic E-state index is 0.102. The van der Waals surface area contributed by atoms with Crippen molar-refractivity contribution in [2.24, 2.45) is 0 Å². The Bertz CT molecular complexity index is 649. The van der Waals surface area contributed by atoms with Crippen molar-refractivity contribution in [3.63, 3.8) is 0 Å². The minimum Gasteiger partial charge on any atom is -0.397 e. The smallest absolute Gasteiger partial charge is 0.257 e. The number of aromatic nitrogens is 1. The maximum Gasteiger partial charge on any atom is 0.257 e. The number of nitrogens with one attached hydrogen (secondary N) is 1. The number of anilines is 2. The SMILES string of the molecule is Nc1cnc(Cl)cc1C(=O)Nc1ccc(F)c(F)c1. The lowest BCUT2D eigenvalue weighted by Gasteiger charge is -2.07. The average Bonchev–Trinajstić information content (AvgIpc) is 2.36. The average molecular weight is 284 g/mol. The first-order chi connectivity index (χ1) is 8.97. The summed E-state index contributed by atoms with van der Waals surface area (Å²) in [7, 11) is 0. The molecular weight excluding hydrogens is 276 g/mol. The lowest BCUT2D eigenvalue weighted by atomic mass is 10.2. The van der Waals surface area contributed by atoms with Crippen LogP contribution in [0, 0.1) is 11.6 Å². The molecule has 2 aromatic rings. The molecule has 0 atom stereocenters. The summed E-state index contributed by atoms with van der Waals surface area (Å²) in [5, 5.41) is 2.48. The normalized spacial score (nSPS) is 10.3. The largest absolute Gasteiger partial charge is 0.397 e. The molecule has 0 bridgehead atoms. The van der Waals surface area contributed by atoms with Crippen molar-refractivity contribution in [1.29, 1.82) is 0 Å². The van der Waals surface area contributed by atoms with E-state index in [0.29, 0.717) is 0 Å². The summed E-state index contributed by atoms with van der Waals surface area (Å²) < 4.78 is 25.7. The molecular formula is C12H8ClF2N3O. The Morgan fingerprint density at radius 2 is 2.00 bits per heavy atom. The number of rotatable bonds is 2. The Labute approximate surface area is 112 Å². The zero-order chi connectivity index (χ0) is 14.0. The van der Waals surface area contributed by atoms with Gasteiger partial charge in [-0.25, -0.2) is 13.8 Å². The molecule has 0 aliphatic carbocycles. The Morgan fingerprint density at radius 1 is 1.26 bits per heavy atom. The predicted molar refractivity (Wildman–Crippen MR) is 68.0 cm³/mol. The zero-order valence-electron chi connectivity index (χ0n) is 9.45. The number of nitrogens with zero attached hydrogens (tertiary/aromatic N) is 1. The summed E-state index contributed by atoms with van der Waals surface area (Å²) in [6.07, 6.45) is 1.24. The Hall–Kier alpha value is -2.21. The van der Waals surface area contributed by atoms with Gasteiger partial charge in [-0.2, -0.15) is 0 Å². The van der Waals surface area contributed by atoms with Crippen molar-refractivity contribution in [2.75, 3.05) is 11.1 Å². The fourth-order valence-corrected chi connectivity index (χ4v) is 1.57. The van der Waals surface area contributed by atoms with E-state index < -0.39 is 17.5 Å². The molecule has 7 heteroatoms. The van der Waals surface area contributed by atoms with Gasteiger partial charge in [-0.3, -0.25) is 4.79 Å². The van der Waals surface area contributed by atoms with Gasteiger partial charge in [0.1, 0.15) is 5.15 Å². The number of pyridine rings is 1. The Kier molecular flexibility index (Phi) is 3.62. The summed E-state index contributed by atoms with van der Waals surface area (Å²) in [6.45, 7) is 0. The molecule has 1 aromatic carbocycles. The van der Waals surface area contributed by atoms with Gasteiger partial charge in [-0.15, -0.1) is 0 Å². The van der Waals surface area contributed by atoms with Crippen LogP contribution in [-0.4, -0.2) is 10.9 Å². The van der Waals surface area contributed by atoms with Crippen LogP contribution in [0.3, 0.4) is 0 Å². The molecule has 1 amide bonds. The summed E-state index contributed by atoms with van der Waals surface area (Å²) in [5.41, 5.74) is 5.92. The second-order valence-electron chi connectivity index (χ2n) is 3.68. The maximum atomic E-state index is 13.0. The van der Waals surface area contributed by atoms with E-state index in [1.807, 2.05) is 0 Å². The van der Waals surface area contributed by atoms with Gasteiger partial charge in [0, 0.05) is 11.8 Å². The molecule has 0 aliphatic rings. The number of carbonyl (C=O) groups is 1. The van der Waals surface area contributed by atoms with Crippen LogP contribution in [0.25, 0.3) is 0 Å². The van der Waals surface area contributed by atoms with Crippen LogP contribution in [0.1, 0.15) is 10.4 Å². The van der Waals surface area contributed by atoms with Crippen LogP contribution in [0.4, 0.5) is 20.2 Å². The molecule has 0 fully saturated rings. The molecule has 0 aliphatic heterocycles. The van der Waals surface area contributed by atoms with Gasteiger partial charge in [-0.05, 0) is 18.2 Å². The van der Waals surface area contributed by atoms with E-state index in [4.69, 9.17) is 17.3 Å². The number of nitrogen functional groups attached to an aromatic ring is 1. The summed E-state index contributed by atoms with van der Waals surface area (Å²) in [4.78, 5) is 15.6. The lowest BCUT2D eigenvalue weighted by molar-refractivity contribution is 0.102. The van der Waals surface area contributed by atoms with Gasteiger partial charge >= 0.3 is 0 Å². The standard InChI is InChI=1S/C12H8ClF2N3O/c13-11-4-7(10(16)5-17-11)12(19)18-6-1-2-8(14)9(15)3-6/h1-5H,16H2,(H,18,19). The second-order valence-corrected chi connectivity index (χ2v) is 4.06. The first-order valence-corrected chi connectivity index (χ1v) is 5.52. The Balaban J connectivity index is 2.25. The third kappa shape index (κ3) is 2.97. The van der Waals surface area contributed by atoms with Crippen LogP contribution < -0.4 is 11.1 Å². The highest BCUT2D eigenvalue weighted by Gasteiger charge is 2.12. The first-order valence-electron chi connectivity index (χ1n) is 5.15. The molecule has 0 saturated heterocycles. The molecule has 1 heterocycles. The third-order valence-corrected chi connectivity index (χ3v) is 2.53. The molecule has 2 rings (SSSR count). The molecule has 0 spiro atoms. The van der Waals surface area contributed by atoms with Gasteiger partial charge in [0.05, 0.1) is 17.4 Å². The molecule has 0 unspecified atom stereocenters. The van der Waals surface area contributed by atoms with Gasteiger partial charge < -0.3 is 11.1 Å². The van der Waals surface area contributed by atoms with Crippen molar-refractivity contribution in [2.45, 2.75) is 0 Å². The number of nitrogens with two attached hydrogens (primary N) is 1. The van der Waals surface area contributed by atoms with Gasteiger partial charge in [0.15, 0.2) is 11.6 Å². The molecule has 1 aromatic heterocycles. The van der Waals surface area contributed by atoms with Crippen molar-refractivity contribution in [3.8, 4) is 0 Å². The lowest BCUT2D eigenvalue weighted by Crippen LogP contribution is -2.14. The summed E-state index contributed by atoms with van der Waals surface area (Å²) in [5.74, 6) is -2.64. The number of hydrogen-bond acceptors (Lipinski definition) is 3. The third-order valence-electron chi connectivity index (χ3n) is 2.32. The number of benzene rings is 1. The second kappa shape index (κ2) is 5.19. The van der Waals surface area contributed by atoms with Gasteiger partial charge in [0.25, 0.3) is 5.91 Å². The van der Waals surface area contributed by atoms with Crippen LogP contribution >= 0.6 is 11.6 Å². The van der Waals surface area contributed by atoms with E-state index in [1.54, 1.807) is 0 Å². The van der Waals surface area contributed by atoms with E-state index in [2.05, 4.69) is 10.3 Å². The fraction of sp³-hybridized carbons (Fsp3) is 0. The van der Waals surface area contributed by atoms with Crippen LogP contribution in [0.15, 0.2) is 30.5 Å². The summed E-state index contributed by atoms with van der Waals surface area (Å²) >= 11 is 5.65. The van der Waals surface area contributed by atoms with Crippen LogP contribution in [0.2, 0.25) is 5.15 Å². The van der Waals surface area contributed by atoms with E-state index in [-0.39, 0.29) is 22.1 Å². The van der Waals surface area contributed by atoms with Crippen molar-refractivity contribution in [1.82, 2.24) is 4.98 Å². The minimum atomic E-state index is -1.06. The Morgan fingerprint density at radius 3 is 2.68 bits per heavy atom.